The number of rotatable bonds is 2. The molecule has 10 heteroatoms. The maximum atomic E-state index is 13.8. The minimum atomic E-state index is -3.78. The highest BCUT2D eigenvalue weighted by atomic mass is 19.3. The molecule has 106 valence electrons. The van der Waals surface area contributed by atoms with Crippen molar-refractivity contribution in [1.29, 1.82) is 0 Å². The van der Waals surface area contributed by atoms with Crippen molar-refractivity contribution in [2.75, 3.05) is 18.1 Å². The number of nitrogens with two attached hydrogens (primary N) is 2. The second-order valence-electron chi connectivity index (χ2n) is 4.10. The van der Waals surface area contributed by atoms with Gasteiger partial charge in [0.2, 0.25) is 6.23 Å². The molecule has 3 atom stereocenters. The molecule has 0 radical (unpaired) electrons. The summed E-state index contributed by atoms with van der Waals surface area (Å²) >= 11 is 0. The molecule has 0 saturated carbocycles. The molecule has 1 aromatic rings. The molecule has 1 saturated heterocycles. The number of aliphatic hydroxyl groups excluding tert-OH is 2. The van der Waals surface area contributed by atoms with Crippen LogP contribution in [0.25, 0.3) is 0 Å². The van der Waals surface area contributed by atoms with Crippen LogP contribution in [0.2, 0.25) is 0 Å². The number of ether oxygens (including phenoxy) is 1. The SMILES string of the molecule is Nc1cn([C@@H]2O[C@H](CO)C(O)C2(F)F)c(=O)nc1N. The van der Waals surface area contributed by atoms with Crippen molar-refractivity contribution in [1.82, 2.24) is 9.55 Å². The maximum absolute atomic E-state index is 13.8. The van der Waals surface area contributed by atoms with Crippen molar-refractivity contribution in [3.8, 4) is 0 Å². The van der Waals surface area contributed by atoms with Gasteiger partial charge >= 0.3 is 11.6 Å². The van der Waals surface area contributed by atoms with Gasteiger partial charge in [-0.2, -0.15) is 13.8 Å². The highest BCUT2D eigenvalue weighted by molar-refractivity contribution is 5.55. The lowest BCUT2D eigenvalue weighted by atomic mass is 10.1. The number of nitrogen functional groups attached to an aromatic ring is 2. The second-order valence-corrected chi connectivity index (χ2v) is 4.10. The predicted molar refractivity (Wildman–Crippen MR) is 59.3 cm³/mol. The normalized spacial score (nSPS) is 29.6. The van der Waals surface area contributed by atoms with Gasteiger partial charge < -0.3 is 26.4 Å². The minimum absolute atomic E-state index is 0.180. The summed E-state index contributed by atoms with van der Waals surface area (Å²) in [6, 6.07) is 0. The molecular weight excluding hydrogens is 266 g/mol. The molecule has 1 aliphatic heterocycles. The van der Waals surface area contributed by atoms with Gasteiger partial charge in [0, 0.05) is 6.20 Å². The van der Waals surface area contributed by atoms with Crippen LogP contribution < -0.4 is 17.2 Å². The molecule has 0 aromatic carbocycles. The molecule has 6 N–H and O–H groups in total. The number of hydrogen-bond donors (Lipinski definition) is 4. The summed E-state index contributed by atoms with van der Waals surface area (Å²) < 4.78 is 32.8. The number of halogens is 2. The summed E-state index contributed by atoms with van der Waals surface area (Å²) in [7, 11) is 0. The molecule has 1 aliphatic rings. The number of alkyl halides is 2. The van der Waals surface area contributed by atoms with Crippen LogP contribution in [0, 0.1) is 0 Å². The zero-order valence-electron chi connectivity index (χ0n) is 9.53. The van der Waals surface area contributed by atoms with E-state index in [1.165, 1.54) is 0 Å². The Labute approximate surface area is 105 Å². The van der Waals surface area contributed by atoms with Crippen LogP contribution in [0.1, 0.15) is 6.23 Å². The average Bonchev–Trinajstić information content (AvgIpc) is 2.56. The Balaban J connectivity index is 2.48. The van der Waals surface area contributed by atoms with Crippen molar-refractivity contribution in [2.45, 2.75) is 24.4 Å². The summed E-state index contributed by atoms with van der Waals surface area (Å²) in [6.07, 6.45) is -5.00. The fourth-order valence-electron chi connectivity index (χ4n) is 1.78. The number of anilines is 2. The molecule has 8 nitrogen and oxygen atoms in total. The second kappa shape index (κ2) is 4.40. The summed E-state index contributed by atoms with van der Waals surface area (Å²) in [5.41, 5.74) is 9.38. The zero-order chi connectivity index (χ0) is 14.4. The molecule has 0 aliphatic carbocycles. The molecular formula is C9H12F2N4O4. The van der Waals surface area contributed by atoms with E-state index in [2.05, 4.69) is 4.98 Å². The third-order valence-electron chi connectivity index (χ3n) is 2.82. The third-order valence-corrected chi connectivity index (χ3v) is 2.82. The van der Waals surface area contributed by atoms with Crippen molar-refractivity contribution >= 4 is 11.5 Å². The summed E-state index contributed by atoms with van der Waals surface area (Å²) in [5.74, 6) is -4.07. The minimum Gasteiger partial charge on any atom is -0.395 e. The summed E-state index contributed by atoms with van der Waals surface area (Å²) in [5, 5.41) is 18.2. The highest BCUT2D eigenvalue weighted by Gasteiger charge is 2.59. The van der Waals surface area contributed by atoms with E-state index < -0.39 is 36.7 Å². The number of hydrogen-bond acceptors (Lipinski definition) is 7. The average molecular weight is 278 g/mol. The first-order chi connectivity index (χ1) is 8.78. The Kier molecular flexibility index (Phi) is 3.16. The first-order valence-electron chi connectivity index (χ1n) is 5.25. The Hall–Kier alpha value is -1.78. The van der Waals surface area contributed by atoms with E-state index in [-0.39, 0.29) is 11.5 Å². The van der Waals surface area contributed by atoms with Gasteiger partial charge in [-0.1, -0.05) is 0 Å². The molecule has 2 heterocycles. The van der Waals surface area contributed by atoms with Gasteiger partial charge in [-0.3, -0.25) is 4.57 Å². The van der Waals surface area contributed by atoms with Gasteiger partial charge in [0.1, 0.15) is 6.10 Å². The highest BCUT2D eigenvalue weighted by Crippen LogP contribution is 2.42. The molecule has 0 bridgehead atoms. The lowest BCUT2D eigenvalue weighted by Gasteiger charge is -2.21. The number of aromatic nitrogens is 2. The maximum Gasteiger partial charge on any atom is 0.351 e. The van der Waals surface area contributed by atoms with Gasteiger partial charge in [0.25, 0.3) is 0 Å². The van der Waals surface area contributed by atoms with E-state index in [9.17, 15) is 18.7 Å². The lowest BCUT2D eigenvalue weighted by molar-refractivity contribution is -0.140. The lowest BCUT2D eigenvalue weighted by Crippen LogP contribution is -2.42. The Morgan fingerprint density at radius 1 is 1.53 bits per heavy atom. The van der Waals surface area contributed by atoms with Gasteiger partial charge in [-0.25, -0.2) is 4.79 Å². The van der Waals surface area contributed by atoms with Crippen LogP contribution in [-0.2, 0) is 4.74 Å². The fourth-order valence-corrected chi connectivity index (χ4v) is 1.78. The standard InChI is InChI=1S/C9H12F2N4O4/c10-9(11)5(17)4(2-16)19-7(9)15-1-3(12)6(13)14-8(15)18/h1,4-5,7,16-17H,2,12H2,(H2,13,14,18)/t4-,5?,7-/m1/s1. The van der Waals surface area contributed by atoms with Crippen molar-refractivity contribution < 1.29 is 23.7 Å². The zero-order valence-corrected chi connectivity index (χ0v) is 9.53. The van der Waals surface area contributed by atoms with Crippen LogP contribution in [-0.4, -0.2) is 44.5 Å². The third kappa shape index (κ3) is 2.03. The monoisotopic (exact) mass is 278 g/mol. The van der Waals surface area contributed by atoms with Gasteiger partial charge in [0.15, 0.2) is 11.9 Å². The van der Waals surface area contributed by atoms with Crippen LogP contribution in [0.3, 0.4) is 0 Å². The van der Waals surface area contributed by atoms with Crippen molar-refractivity contribution in [3.63, 3.8) is 0 Å². The summed E-state index contributed by atoms with van der Waals surface area (Å²) in [6.45, 7) is -0.820. The molecule has 0 amide bonds. The van der Waals surface area contributed by atoms with Crippen LogP contribution in [0.5, 0.6) is 0 Å². The smallest absolute Gasteiger partial charge is 0.351 e. The first kappa shape index (κ1) is 13.6. The summed E-state index contributed by atoms with van der Waals surface area (Å²) in [4.78, 5) is 14.8. The molecule has 19 heavy (non-hydrogen) atoms. The molecule has 2 rings (SSSR count). The number of aliphatic hydroxyl groups is 2. The van der Waals surface area contributed by atoms with E-state index in [1.54, 1.807) is 0 Å². The number of nitrogens with zero attached hydrogens (tertiary/aromatic N) is 2. The molecule has 1 unspecified atom stereocenters. The predicted octanol–water partition coefficient (Wildman–Crippen LogP) is -1.71. The van der Waals surface area contributed by atoms with E-state index in [0.717, 1.165) is 6.20 Å². The topological polar surface area (TPSA) is 137 Å². The molecule has 1 fully saturated rings. The van der Waals surface area contributed by atoms with E-state index >= 15 is 0 Å². The van der Waals surface area contributed by atoms with Crippen molar-refractivity contribution in [3.05, 3.63) is 16.7 Å². The van der Waals surface area contributed by atoms with Gasteiger partial charge in [-0.05, 0) is 0 Å². The van der Waals surface area contributed by atoms with Crippen LogP contribution >= 0.6 is 0 Å². The van der Waals surface area contributed by atoms with Crippen LogP contribution in [0.15, 0.2) is 11.0 Å². The van der Waals surface area contributed by atoms with Gasteiger partial charge in [-0.15, -0.1) is 0 Å². The van der Waals surface area contributed by atoms with Crippen molar-refractivity contribution in [2.24, 2.45) is 0 Å². The van der Waals surface area contributed by atoms with Crippen LogP contribution in [0.4, 0.5) is 20.3 Å². The van der Waals surface area contributed by atoms with Gasteiger partial charge in [0.05, 0.1) is 12.3 Å². The Morgan fingerprint density at radius 2 is 2.16 bits per heavy atom. The van der Waals surface area contributed by atoms with E-state index in [4.69, 9.17) is 21.3 Å². The van der Waals surface area contributed by atoms with E-state index in [0.29, 0.717) is 4.57 Å². The molecule has 0 spiro atoms. The Bertz CT molecular complexity index is 550. The van der Waals surface area contributed by atoms with E-state index in [1.807, 2.05) is 0 Å². The largest absolute Gasteiger partial charge is 0.395 e. The fraction of sp³-hybridized carbons (Fsp3) is 0.556. The quantitative estimate of drug-likeness (QED) is 0.505. The first-order valence-corrected chi connectivity index (χ1v) is 5.25. The Morgan fingerprint density at radius 3 is 2.68 bits per heavy atom. The molecule has 1 aromatic heterocycles.